The lowest BCUT2D eigenvalue weighted by Crippen LogP contribution is -2.45. The minimum absolute atomic E-state index is 0.0527. The monoisotopic (exact) mass is 357 g/mol. The molecule has 1 unspecified atom stereocenters. The number of rotatable bonds is 3. The molecule has 0 radical (unpaired) electrons. The molecule has 2 aliphatic rings. The number of hydrogen-bond acceptors (Lipinski definition) is 5. The van der Waals surface area contributed by atoms with E-state index in [0.717, 1.165) is 37.6 Å². The smallest absolute Gasteiger partial charge is 0.237 e. The Morgan fingerprint density at radius 1 is 1.09 bits per heavy atom. The Hall–Kier alpha value is -1.31. The van der Waals surface area contributed by atoms with E-state index in [0.29, 0.717) is 0 Å². The normalized spacial score (nSPS) is 23.6. The van der Waals surface area contributed by atoms with Gasteiger partial charge in [0.1, 0.15) is 5.25 Å². The fourth-order valence-corrected chi connectivity index (χ4v) is 4.13. The van der Waals surface area contributed by atoms with Crippen molar-refractivity contribution in [3.63, 3.8) is 0 Å². The number of hydrogen-bond donors (Lipinski definition) is 0. The zero-order chi connectivity index (χ0) is 16.6. The molecule has 0 aromatic heterocycles. The topological polar surface area (TPSA) is 60.9 Å². The second-order valence-electron chi connectivity index (χ2n) is 6.09. The van der Waals surface area contributed by atoms with Crippen LogP contribution < -0.4 is 9.80 Å². The van der Waals surface area contributed by atoms with Gasteiger partial charge in [0.25, 0.3) is 0 Å². The van der Waals surface area contributed by atoms with Gasteiger partial charge in [0.2, 0.25) is 15.0 Å². The summed E-state index contributed by atoms with van der Waals surface area (Å²) in [4.78, 5) is 18.4. The quantitative estimate of drug-likeness (QED) is 0.758. The van der Waals surface area contributed by atoms with E-state index >= 15 is 0 Å². The standard InChI is InChI=1S/C15H20ClN3O3S/c1-17-6-8-18(9-7-17)13-4-2-3-5-14(13)19-11-12(10-15(19)20)23(16,21)22/h2-5,12H,6-11H2,1H3. The van der Waals surface area contributed by atoms with Crippen molar-refractivity contribution < 1.29 is 13.2 Å². The number of para-hydroxylation sites is 2. The molecule has 1 aromatic rings. The summed E-state index contributed by atoms with van der Waals surface area (Å²) in [5.74, 6) is -0.194. The van der Waals surface area contributed by atoms with Crippen LogP contribution >= 0.6 is 10.7 Å². The van der Waals surface area contributed by atoms with Crippen molar-refractivity contribution in [2.45, 2.75) is 11.7 Å². The van der Waals surface area contributed by atoms with Crippen LogP contribution in [-0.4, -0.2) is 64.2 Å². The van der Waals surface area contributed by atoms with Gasteiger partial charge < -0.3 is 14.7 Å². The second-order valence-corrected chi connectivity index (χ2v) is 8.99. The highest BCUT2D eigenvalue weighted by Gasteiger charge is 2.39. The summed E-state index contributed by atoms with van der Waals surface area (Å²) < 4.78 is 23.1. The van der Waals surface area contributed by atoms with Gasteiger partial charge in [-0.3, -0.25) is 4.79 Å². The third-order valence-corrected chi connectivity index (χ3v) is 6.37. The molecule has 0 spiro atoms. The number of nitrogens with zero attached hydrogens (tertiary/aromatic N) is 3. The van der Waals surface area contributed by atoms with Crippen LogP contribution in [0.15, 0.2) is 24.3 Å². The maximum atomic E-state index is 12.3. The molecule has 1 atom stereocenters. The number of carbonyl (C=O) groups is 1. The molecule has 23 heavy (non-hydrogen) atoms. The summed E-state index contributed by atoms with van der Waals surface area (Å²) in [7, 11) is 3.79. The van der Waals surface area contributed by atoms with Gasteiger partial charge in [-0.05, 0) is 19.2 Å². The highest BCUT2D eigenvalue weighted by Crippen LogP contribution is 2.34. The molecule has 2 fully saturated rings. The summed E-state index contributed by atoms with van der Waals surface area (Å²) in [6, 6.07) is 7.66. The molecule has 0 saturated carbocycles. The zero-order valence-corrected chi connectivity index (χ0v) is 14.6. The highest BCUT2D eigenvalue weighted by atomic mass is 35.7. The maximum absolute atomic E-state index is 12.3. The fraction of sp³-hybridized carbons (Fsp3) is 0.533. The maximum Gasteiger partial charge on any atom is 0.237 e. The first kappa shape index (κ1) is 16.5. The molecular weight excluding hydrogens is 338 g/mol. The molecule has 3 rings (SSSR count). The van der Waals surface area contributed by atoms with Crippen molar-refractivity contribution in [1.29, 1.82) is 0 Å². The molecule has 2 aliphatic heterocycles. The number of halogens is 1. The lowest BCUT2D eigenvalue weighted by atomic mass is 10.2. The predicted octanol–water partition coefficient (Wildman–Crippen LogP) is 1.11. The van der Waals surface area contributed by atoms with Crippen LogP contribution in [0.5, 0.6) is 0 Å². The lowest BCUT2D eigenvalue weighted by molar-refractivity contribution is -0.117. The Bertz CT molecular complexity index is 702. The Kier molecular flexibility index (Phi) is 4.53. The number of amides is 1. The van der Waals surface area contributed by atoms with Crippen LogP contribution in [0.25, 0.3) is 0 Å². The highest BCUT2D eigenvalue weighted by molar-refractivity contribution is 8.14. The van der Waals surface area contributed by atoms with Crippen molar-refractivity contribution >= 4 is 37.0 Å². The van der Waals surface area contributed by atoms with Crippen molar-refractivity contribution in [2.75, 3.05) is 49.6 Å². The summed E-state index contributed by atoms with van der Waals surface area (Å²) >= 11 is 0. The van der Waals surface area contributed by atoms with E-state index in [1.54, 1.807) is 4.90 Å². The number of benzene rings is 1. The molecule has 0 N–H and O–H groups in total. The van der Waals surface area contributed by atoms with Crippen LogP contribution in [0.3, 0.4) is 0 Å². The number of likely N-dealkylation sites (N-methyl/N-ethyl adjacent to an activating group) is 1. The molecule has 126 valence electrons. The number of carbonyl (C=O) groups excluding carboxylic acids is 1. The van der Waals surface area contributed by atoms with Crippen LogP contribution in [-0.2, 0) is 13.8 Å². The average molecular weight is 358 g/mol. The van der Waals surface area contributed by atoms with Crippen LogP contribution in [0.4, 0.5) is 11.4 Å². The molecular formula is C15H20ClN3O3S. The minimum atomic E-state index is -3.73. The Morgan fingerprint density at radius 2 is 1.70 bits per heavy atom. The van der Waals surface area contributed by atoms with E-state index in [1.807, 2.05) is 24.3 Å². The molecule has 2 heterocycles. The van der Waals surface area contributed by atoms with Gasteiger partial charge in [-0.15, -0.1) is 0 Å². The molecule has 0 aliphatic carbocycles. The molecule has 0 bridgehead atoms. The Labute approximate surface area is 141 Å². The Morgan fingerprint density at radius 3 is 2.26 bits per heavy atom. The van der Waals surface area contributed by atoms with Gasteiger partial charge in [-0.25, -0.2) is 8.42 Å². The van der Waals surface area contributed by atoms with Crippen molar-refractivity contribution in [1.82, 2.24) is 4.90 Å². The zero-order valence-electron chi connectivity index (χ0n) is 13.0. The average Bonchev–Trinajstić information content (AvgIpc) is 2.90. The first-order valence-corrected chi connectivity index (χ1v) is 10.00. The van der Waals surface area contributed by atoms with Gasteiger partial charge in [-0.1, -0.05) is 12.1 Å². The summed E-state index contributed by atoms with van der Waals surface area (Å²) in [5, 5.41) is -0.836. The number of piperazine rings is 1. The molecule has 1 amide bonds. The lowest BCUT2D eigenvalue weighted by Gasteiger charge is -2.36. The van der Waals surface area contributed by atoms with Crippen LogP contribution in [0.2, 0.25) is 0 Å². The number of anilines is 2. The predicted molar refractivity (Wildman–Crippen MR) is 91.7 cm³/mol. The van der Waals surface area contributed by atoms with Crippen LogP contribution in [0.1, 0.15) is 6.42 Å². The first-order chi connectivity index (χ1) is 10.9. The van der Waals surface area contributed by atoms with Gasteiger partial charge in [0.05, 0.1) is 11.4 Å². The second kappa shape index (κ2) is 6.30. The minimum Gasteiger partial charge on any atom is -0.367 e. The fourth-order valence-electron chi connectivity index (χ4n) is 3.10. The Balaban J connectivity index is 1.88. The van der Waals surface area contributed by atoms with Gasteiger partial charge in [0, 0.05) is 49.8 Å². The summed E-state index contributed by atoms with van der Waals surface area (Å²) in [5.41, 5.74) is 1.74. The molecule has 1 aromatic carbocycles. The third-order valence-electron chi connectivity index (χ3n) is 4.50. The van der Waals surface area contributed by atoms with Crippen molar-refractivity contribution in [3.05, 3.63) is 24.3 Å². The molecule has 6 nitrogen and oxygen atoms in total. The summed E-state index contributed by atoms with van der Waals surface area (Å²) in [6.07, 6.45) is -0.0527. The van der Waals surface area contributed by atoms with Gasteiger partial charge in [0.15, 0.2) is 0 Å². The van der Waals surface area contributed by atoms with E-state index in [-0.39, 0.29) is 18.9 Å². The van der Waals surface area contributed by atoms with Gasteiger partial charge in [-0.2, -0.15) is 0 Å². The van der Waals surface area contributed by atoms with E-state index in [2.05, 4.69) is 16.8 Å². The third kappa shape index (κ3) is 3.46. The molecule has 2 saturated heterocycles. The molecule has 8 heteroatoms. The van der Waals surface area contributed by atoms with Crippen molar-refractivity contribution in [2.24, 2.45) is 0 Å². The SMILES string of the molecule is CN1CCN(c2ccccc2N2CC(S(=O)(=O)Cl)CC2=O)CC1. The summed E-state index contributed by atoms with van der Waals surface area (Å²) in [6.45, 7) is 3.80. The van der Waals surface area contributed by atoms with Gasteiger partial charge >= 0.3 is 0 Å². The van der Waals surface area contributed by atoms with E-state index < -0.39 is 14.3 Å². The van der Waals surface area contributed by atoms with E-state index in [9.17, 15) is 13.2 Å². The largest absolute Gasteiger partial charge is 0.367 e. The van der Waals surface area contributed by atoms with E-state index in [1.165, 1.54) is 0 Å². The van der Waals surface area contributed by atoms with Crippen molar-refractivity contribution in [3.8, 4) is 0 Å². The van der Waals surface area contributed by atoms with Crippen LogP contribution in [0, 0.1) is 0 Å². The van der Waals surface area contributed by atoms with E-state index in [4.69, 9.17) is 10.7 Å². The first-order valence-electron chi connectivity index (χ1n) is 7.62.